The van der Waals surface area contributed by atoms with Crippen LogP contribution in [0.25, 0.3) is 10.1 Å². The average Bonchev–Trinajstić information content (AvgIpc) is 2.53. The van der Waals surface area contributed by atoms with Crippen molar-refractivity contribution in [3.8, 4) is 6.07 Å². The number of nitrogen functional groups attached to an aromatic ring is 1. The Bertz CT molecular complexity index is 593. The average molecular weight is 234 g/mol. The van der Waals surface area contributed by atoms with Gasteiger partial charge in [-0.15, -0.1) is 11.3 Å². The molecule has 0 amide bonds. The van der Waals surface area contributed by atoms with Gasteiger partial charge in [0.05, 0.1) is 5.56 Å². The van der Waals surface area contributed by atoms with Gasteiger partial charge < -0.3 is 5.73 Å². The zero-order valence-electron chi connectivity index (χ0n) is 9.04. The SMILES string of the molecule is CC(C)c1c(F)ccc2sc(N)c(C#N)c12. The number of rotatable bonds is 1. The van der Waals surface area contributed by atoms with E-state index in [1.807, 2.05) is 13.8 Å². The van der Waals surface area contributed by atoms with Crippen molar-refractivity contribution >= 4 is 26.4 Å². The molecule has 0 aliphatic heterocycles. The number of thiophene rings is 1. The minimum atomic E-state index is -0.267. The fourth-order valence-corrected chi connectivity index (χ4v) is 2.82. The molecule has 1 heterocycles. The van der Waals surface area contributed by atoms with E-state index in [9.17, 15) is 4.39 Å². The topological polar surface area (TPSA) is 49.8 Å². The number of fused-ring (bicyclic) bond motifs is 1. The van der Waals surface area contributed by atoms with Gasteiger partial charge in [-0.25, -0.2) is 4.39 Å². The van der Waals surface area contributed by atoms with Gasteiger partial charge in [-0.2, -0.15) is 5.26 Å². The third-order valence-electron chi connectivity index (χ3n) is 2.56. The van der Waals surface area contributed by atoms with Crippen LogP contribution in [0, 0.1) is 17.1 Å². The molecule has 0 atom stereocenters. The number of halogens is 1. The second-order valence-electron chi connectivity index (χ2n) is 3.94. The highest BCUT2D eigenvalue weighted by atomic mass is 32.1. The number of hydrogen-bond acceptors (Lipinski definition) is 3. The van der Waals surface area contributed by atoms with E-state index in [-0.39, 0.29) is 11.7 Å². The van der Waals surface area contributed by atoms with E-state index in [1.54, 1.807) is 6.07 Å². The molecule has 16 heavy (non-hydrogen) atoms. The van der Waals surface area contributed by atoms with E-state index >= 15 is 0 Å². The van der Waals surface area contributed by atoms with Crippen molar-refractivity contribution in [3.05, 3.63) is 29.1 Å². The Morgan fingerprint density at radius 3 is 2.69 bits per heavy atom. The molecule has 0 radical (unpaired) electrons. The van der Waals surface area contributed by atoms with Gasteiger partial charge in [-0.05, 0) is 18.1 Å². The Labute approximate surface area is 97.1 Å². The van der Waals surface area contributed by atoms with E-state index in [0.717, 1.165) is 4.70 Å². The van der Waals surface area contributed by atoms with Crippen LogP contribution in [0.4, 0.5) is 9.39 Å². The maximum atomic E-state index is 13.8. The van der Waals surface area contributed by atoms with Gasteiger partial charge >= 0.3 is 0 Å². The van der Waals surface area contributed by atoms with Crippen molar-refractivity contribution in [2.24, 2.45) is 0 Å². The highest BCUT2D eigenvalue weighted by Crippen LogP contribution is 2.38. The van der Waals surface area contributed by atoms with Gasteiger partial charge in [0.1, 0.15) is 16.9 Å². The number of hydrogen-bond donors (Lipinski definition) is 1. The molecule has 82 valence electrons. The fourth-order valence-electron chi connectivity index (χ4n) is 1.89. The lowest BCUT2D eigenvalue weighted by Crippen LogP contribution is -1.95. The summed E-state index contributed by atoms with van der Waals surface area (Å²) < 4.78 is 14.6. The normalized spacial score (nSPS) is 10.9. The van der Waals surface area contributed by atoms with E-state index in [0.29, 0.717) is 21.5 Å². The van der Waals surface area contributed by atoms with Gasteiger partial charge in [-0.1, -0.05) is 13.8 Å². The largest absolute Gasteiger partial charge is 0.389 e. The van der Waals surface area contributed by atoms with E-state index < -0.39 is 0 Å². The quantitative estimate of drug-likeness (QED) is 0.819. The summed E-state index contributed by atoms with van der Waals surface area (Å²) in [6, 6.07) is 5.18. The predicted molar refractivity (Wildman–Crippen MR) is 65.0 cm³/mol. The summed E-state index contributed by atoms with van der Waals surface area (Å²) in [6.07, 6.45) is 0. The third kappa shape index (κ3) is 1.44. The third-order valence-corrected chi connectivity index (χ3v) is 3.54. The lowest BCUT2D eigenvalue weighted by Gasteiger charge is -2.08. The van der Waals surface area contributed by atoms with E-state index in [2.05, 4.69) is 6.07 Å². The number of nitrogens with zero attached hydrogens (tertiary/aromatic N) is 1. The van der Waals surface area contributed by atoms with Gasteiger partial charge in [0.25, 0.3) is 0 Å². The fraction of sp³-hybridized carbons (Fsp3) is 0.250. The van der Waals surface area contributed by atoms with Crippen LogP contribution in [0.3, 0.4) is 0 Å². The zero-order chi connectivity index (χ0) is 11.9. The molecule has 2 nitrogen and oxygen atoms in total. The van der Waals surface area contributed by atoms with Gasteiger partial charge in [0.2, 0.25) is 0 Å². The van der Waals surface area contributed by atoms with Crippen molar-refractivity contribution in [1.82, 2.24) is 0 Å². The van der Waals surface area contributed by atoms with Crippen LogP contribution in [0.2, 0.25) is 0 Å². The smallest absolute Gasteiger partial charge is 0.127 e. The molecule has 0 aliphatic rings. The predicted octanol–water partition coefficient (Wildman–Crippen LogP) is 3.62. The van der Waals surface area contributed by atoms with Gasteiger partial charge in [0.15, 0.2) is 0 Å². The maximum absolute atomic E-state index is 13.8. The van der Waals surface area contributed by atoms with Crippen LogP contribution < -0.4 is 5.73 Å². The molecule has 2 N–H and O–H groups in total. The van der Waals surface area contributed by atoms with Crippen molar-refractivity contribution in [1.29, 1.82) is 5.26 Å². The van der Waals surface area contributed by atoms with Crippen LogP contribution >= 0.6 is 11.3 Å². The molecule has 0 spiro atoms. The lowest BCUT2D eigenvalue weighted by molar-refractivity contribution is 0.602. The summed E-state index contributed by atoms with van der Waals surface area (Å²) in [7, 11) is 0. The summed E-state index contributed by atoms with van der Waals surface area (Å²) in [4.78, 5) is 0. The van der Waals surface area contributed by atoms with Crippen LogP contribution in [-0.2, 0) is 0 Å². The maximum Gasteiger partial charge on any atom is 0.127 e. The summed E-state index contributed by atoms with van der Waals surface area (Å²) >= 11 is 1.33. The summed E-state index contributed by atoms with van der Waals surface area (Å²) in [5, 5.41) is 10.2. The Balaban J connectivity index is 2.96. The molecular formula is C12H11FN2S. The number of nitrogens with two attached hydrogens (primary N) is 1. The molecule has 0 fully saturated rings. The van der Waals surface area contributed by atoms with Crippen LogP contribution in [0.5, 0.6) is 0 Å². The standard InChI is InChI=1S/C12H11FN2S/c1-6(2)10-8(13)3-4-9-11(10)7(5-14)12(15)16-9/h3-4,6H,15H2,1-2H3. The number of nitriles is 1. The molecule has 2 rings (SSSR count). The second kappa shape index (κ2) is 3.76. The van der Waals surface area contributed by atoms with Gasteiger partial charge in [-0.3, -0.25) is 0 Å². The summed E-state index contributed by atoms with van der Waals surface area (Å²) in [6.45, 7) is 3.82. The molecular weight excluding hydrogens is 223 g/mol. The van der Waals surface area contributed by atoms with Crippen molar-refractivity contribution in [2.75, 3.05) is 5.73 Å². The molecule has 0 bridgehead atoms. The first-order chi connectivity index (χ1) is 7.56. The second-order valence-corrected chi connectivity index (χ2v) is 5.03. The molecule has 1 aromatic carbocycles. The van der Waals surface area contributed by atoms with Crippen molar-refractivity contribution in [2.45, 2.75) is 19.8 Å². The molecule has 2 aromatic rings. The van der Waals surface area contributed by atoms with E-state index in [4.69, 9.17) is 11.0 Å². The molecule has 0 unspecified atom stereocenters. The van der Waals surface area contributed by atoms with Gasteiger partial charge in [0, 0.05) is 15.6 Å². The monoisotopic (exact) mass is 234 g/mol. The number of benzene rings is 1. The first-order valence-electron chi connectivity index (χ1n) is 4.96. The Kier molecular flexibility index (Phi) is 2.56. The Morgan fingerprint density at radius 1 is 1.44 bits per heavy atom. The molecule has 0 saturated heterocycles. The van der Waals surface area contributed by atoms with Crippen LogP contribution in [0.15, 0.2) is 12.1 Å². The molecule has 4 heteroatoms. The molecule has 0 saturated carbocycles. The minimum absolute atomic E-state index is 0.0322. The van der Waals surface area contributed by atoms with Crippen molar-refractivity contribution < 1.29 is 4.39 Å². The first kappa shape index (κ1) is 10.9. The lowest BCUT2D eigenvalue weighted by atomic mass is 9.96. The molecule has 1 aromatic heterocycles. The Morgan fingerprint density at radius 2 is 2.12 bits per heavy atom. The first-order valence-corrected chi connectivity index (χ1v) is 5.78. The van der Waals surface area contributed by atoms with Crippen molar-refractivity contribution in [3.63, 3.8) is 0 Å². The summed E-state index contributed by atoms with van der Waals surface area (Å²) in [5.41, 5.74) is 6.75. The zero-order valence-corrected chi connectivity index (χ0v) is 9.86. The van der Waals surface area contributed by atoms with Crippen LogP contribution in [-0.4, -0.2) is 0 Å². The summed E-state index contributed by atoms with van der Waals surface area (Å²) in [5.74, 6) is -0.235. The van der Waals surface area contributed by atoms with Crippen LogP contribution in [0.1, 0.15) is 30.9 Å². The molecule has 0 aliphatic carbocycles. The Hall–Kier alpha value is -1.60. The highest BCUT2D eigenvalue weighted by molar-refractivity contribution is 7.23. The minimum Gasteiger partial charge on any atom is -0.389 e. The van der Waals surface area contributed by atoms with E-state index in [1.165, 1.54) is 17.4 Å². The highest BCUT2D eigenvalue weighted by Gasteiger charge is 2.18. The number of anilines is 1.